The number of aliphatic carboxylic acids is 1. The zero-order valence-corrected chi connectivity index (χ0v) is 51.5. The number of carboxylic acid groups (broad SMARTS) is 1. The quantitative estimate of drug-likeness (QED) is 0.0228. The van der Waals surface area contributed by atoms with Gasteiger partial charge in [0.1, 0.15) is 18.8 Å². The van der Waals surface area contributed by atoms with Crippen LogP contribution < -0.4 is 0 Å². The van der Waals surface area contributed by atoms with Crippen LogP contribution in [0.25, 0.3) is 0 Å². The summed E-state index contributed by atoms with van der Waals surface area (Å²) in [6.07, 6.45) is 59.9. The molecule has 12 heteroatoms. The summed E-state index contributed by atoms with van der Waals surface area (Å²) in [4.78, 5) is 51.3. The average Bonchev–Trinajstić information content (AvgIpc) is 3.53. The van der Waals surface area contributed by atoms with Crippen molar-refractivity contribution >= 4 is 23.9 Å². The van der Waals surface area contributed by atoms with Gasteiger partial charge in [-0.3, -0.25) is 14.4 Å². The Morgan fingerprint density at radius 3 is 1.22 bits per heavy atom. The first-order valence-corrected chi connectivity index (χ1v) is 32.9. The van der Waals surface area contributed by atoms with E-state index in [9.17, 15) is 34.5 Å². The third kappa shape index (κ3) is 46.3. The van der Waals surface area contributed by atoms with E-state index in [2.05, 4.69) is 93.7 Å². The molecule has 1 aliphatic rings. The Morgan fingerprint density at radius 2 is 0.778 bits per heavy atom. The molecule has 3 N–H and O–H groups in total. The highest BCUT2D eigenvalue weighted by Crippen LogP contribution is 2.27. The zero-order chi connectivity index (χ0) is 58.9. The lowest BCUT2D eigenvalue weighted by Gasteiger charge is -2.40. The molecule has 0 aromatic carbocycles. The van der Waals surface area contributed by atoms with Crippen LogP contribution in [0.5, 0.6) is 0 Å². The van der Waals surface area contributed by atoms with Gasteiger partial charge in [0.15, 0.2) is 24.6 Å². The molecule has 0 spiro atoms. The minimum atomic E-state index is -1.91. The number of aliphatic hydroxyl groups excluding tert-OH is 2. The van der Waals surface area contributed by atoms with Crippen LogP contribution in [0.1, 0.15) is 290 Å². The number of aliphatic hydroxyl groups is 2. The average molecular weight is 1140 g/mol. The van der Waals surface area contributed by atoms with Crippen molar-refractivity contribution in [1.82, 2.24) is 0 Å². The highest BCUT2D eigenvalue weighted by molar-refractivity contribution is 5.74. The van der Waals surface area contributed by atoms with Crippen molar-refractivity contribution in [2.75, 3.05) is 13.2 Å². The van der Waals surface area contributed by atoms with Crippen LogP contribution in [-0.4, -0.2) is 89.2 Å². The van der Waals surface area contributed by atoms with E-state index < -0.39 is 67.3 Å². The molecule has 1 heterocycles. The van der Waals surface area contributed by atoms with E-state index in [-0.39, 0.29) is 25.9 Å². The van der Waals surface area contributed by atoms with Crippen molar-refractivity contribution in [2.45, 2.75) is 327 Å². The van der Waals surface area contributed by atoms with Crippen molar-refractivity contribution in [2.24, 2.45) is 0 Å². The van der Waals surface area contributed by atoms with Crippen LogP contribution in [0.15, 0.2) is 72.9 Å². The molecule has 1 rings (SSSR count). The molecule has 6 unspecified atom stereocenters. The molecular weight excluding hydrogens is 1020 g/mol. The number of carbonyl (C=O) groups is 4. The number of hydrogen-bond acceptors (Lipinski definition) is 11. The van der Waals surface area contributed by atoms with E-state index in [1.807, 2.05) is 0 Å². The summed E-state index contributed by atoms with van der Waals surface area (Å²) in [5.74, 6) is -3.13. The second-order valence-electron chi connectivity index (χ2n) is 22.4. The van der Waals surface area contributed by atoms with Crippen molar-refractivity contribution in [3.63, 3.8) is 0 Å². The monoisotopic (exact) mass is 1140 g/mol. The van der Waals surface area contributed by atoms with Crippen LogP contribution in [0.4, 0.5) is 0 Å². The topological polar surface area (TPSA) is 175 Å². The lowest BCUT2D eigenvalue weighted by Crippen LogP contribution is -2.61. The van der Waals surface area contributed by atoms with Gasteiger partial charge in [-0.2, -0.15) is 0 Å². The highest BCUT2D eigenvalue weighted by Gasteiger charge is 2.50. The summed E-state index contributed by atoms with van der Waals surface area (Å²) in [5.41, 5.74) is 0. The maximum absolute atomic E-state index is 13.2. The van der Waals surface area contributed by atoms with Gasteiger partial charge >= 0.3 is 23.9 Å². The van der Waals surface area contributed by atoms with Crippen LogP contribution in [0.2, 0.25) is 0 Å². The lowest BCUT2D eigenvalue weighted by atomic mass is 9.98. The van der Waals surface area contributed by atoms with Crippen LogP contribution in [-0.2, 0) is 42.9 Å². The fourth-order valence-electron chi connectivity index (χ4n) is 9.70. The molecule has 0 radical (unpaired) electrons. The number of hydrogen-bond donors (Lipinski definition) is 3. The summed E-state index contributed by atoms with van der Waals surface area (Å²) < 4.78 is 28.5. The van der Waals surface area contributed by atoms with E-state index in [0.717, 1.165) is 135 Å². The Labute approximate surface area is 493 Å². The predicted molar refractivity (Wildman–Crippen MR) is 331 cm³/mol. The first-order valence-electron chi connectivity index (χ1n) is 32.9. The molecule has 0 bridgehead atoms. The van der Waals surface area contributed by atoms with Crippen molar-refractivity contribution in [1.29, 1.82) is 0 Å². The Kier molecular flexibility index (Phi) is 52.6. The second-order valence-corrected chi connectivity index (χ2v) is 22.4. The van der Waals surface area contributed by atoms with E-state index in [4.69, 9.17) is 23.7 Å². The molecule has 81 heavy (non-hydrogen) atoms. The van der Waals surface area contributed by atoms with Gasteiger partial charge in [-0.25, -0.2) is 4.79 Å². The lowest BCUT2D eigenvalue weighted by molar-refractivity contribution is -0.301. The molecule has 12 nitrogen and oxygen atoms in total. The molecule has 466 valence electrons. The van der Waals surface area contributed by atoms with Gasteiger partial charge in [-0.1, -0.05) is 235 Å². The minimum Gasteiger partial charge on any atom is -0.479 e. The van der Waals surface area contributed by atoms with Crippen molar-refractivity contribution in [3.8, 4) is 0 Å². The SMILES string of the molecule is CC/C=C\C/C=C\C/C=C\CCCCCCCCCC(=O)OC1C(OCC(COC(=O)CCCCCCCCCCC/C=C\C/C=C\CCCCC)OC(=O)CCCCCCC/C=C\CCCCCCCC)OC(C(=O)O)C(O)C1O. The molecule has 0 aromatic heterocycles. The maximum Gasteiger partial charge on any atom is 0.335 e. The van der Waals surface area contributed by atoms with Crippen molar-refractivity contribution in [3.05, 3.63) is 72.9 Å². The molecular formula is C69H118O12. The number of rotatable bonds is 56. The third-order valence-electron chi connectivity index (χ3n) is 14.7. The third-order valence-corrected chi connectivity index (χ3v) is 14.7. The standard InChI is InChI=1S/C69H118O12/c1-4-7-10-13-16-19-22-25-28-30-31-33-35-37-40-43-46-49-52-55-61(70)77-58-60(79-62(71)56-53-50-47-44-41-38-34-27-24-21-18-15-12-9-6-3)59-78-69-67(65(74)64(73)66(81-69)68(75)76)80-63(72)57-54-51-48-45-42-39-36-32-29-26-23-20-17-14-11-8-5-2/h8,11,16-17,19-20,25-29,34,60,64-67,69,73-74H,4-7,9-10,12-15,18,21-24,30-33,35-59H2,1-3H3,(H,75,76)/b11-8-,19-16-,20-17-,28-25-,29-26-,34-27-. The number of allylic oxidation sites excluding steroid dienone is 12. The van der Waals surface area contributed by atoms with E-state index in [0.29, 0.717) is 19.3 Å². The first kappa shape index (κ1) is 75.2. The van der Waals surface area contributed by atoms with Gasteiger partial charge in [0.05, 0.1) is 6.61 Å². The van der Waals surface area contributed by atoms with E-state index >= 15 is 0 Å². The Hall–Kier alpha value is -3.84. The fraction of sp³-hybridized carbons (Fsp3) is 0.768. The number of ether oxygens (including phenoxy) is 5. The van der Waals surface area contributed by atoms with Crippen LogP contribution in [0, 0.1) is 0 Å². The molecule has 0 amide bonds. The molecule has 1 saturated heterocycles. The van der Waals surface area contributed by atoms with Gasteiger partial charge in [0.25, 0.3) is 0 Å². The van der Waals surface area contributed by atoms with E-state index in [1.165, 1.54) is 96.3 Å². The van der Waals surface area contributed by atoms with Crippen molar-refractivity contribution < 1.29 is 58.2 Å². The Bertz CT molecular complexity index is 1680. The van der Waals surface area contributed by atoms with E-state index in [1.54, 1.807) is 0 Å². The van der Waals surface area contributed by atoms with Gasteiger partial charge < -0.3 is 39.0 Å². The first-order chi connectivity index (χ1) is 39.6. The molecule has 0 aliphatic carbocycles. The minimum absolute atomic E-state index is 0.0469. The highest BCUT2D eigenvalue weighted by atomic mass is 16.7. The number of carbonyl (C=O) groups excluding carboxylic acids is 3. The van der Waals surface area contributed by atoms with Gasteiger partial charge in [-0.15, -0.1) is 0 Å². The number of carboxylic acids is 1. The predicted octanol–water partition coefficient (Wildman–Crippen LogP) is 17.7. The molecule has 1 aliphatic heterocycles. The van der Waals surface area contributed by atoms with Gasteiger partial charge in [0, 0.05) is 19.3 Å². The van der Waals surface area contributed by atoms with Crippen LogP contribution in [0.3, 0.4) is 0 Å². The molecule has 6 atom stereocenters. The normalized spacial score (nSPS) is 18.2. The summed E-state index contributed by atoms with van der Waals surface area (Å²) in [7, 11) is 0. The zero-order valence-electron chi connectivity index (χ0n) is 51.5. The smallest absolute Gasteiger partial charge is 0.335 e. The Morgan fingerprint density at radius 1 is 0.420 bits per heavy atom. The number of unbranched alkanes of at least 4 members (excludes halogenated alkanes) is 30. The van der Waals surface area contributed by atoms with Gasteiger partial charge in [-0.05, 0) is 109 Å². The second kappa shape index (κ2) is 56.6. The largest absolute Gasteiger partial charge is 0.479 e. The van der Waals surface area contributed by atoms with Gasteiger partial charge in [0.2, 0.25) is 0 Å². The fourth-order valence-corrected chi connectivity index (χ4v) is 9.70. The van der Waals surface area contributed by atoms with Crippen LogP contribution >= 0.6 is 0 Å². The number of esters is 3. The molecule has 0 aromatic rings. The summed E-state index contributed by atoms with van der Waals surface area (Å²) in [5, 5.41) is 31.6. The maximum atomic E-state index is 13.2. The Balaban J connectivity index is 2.66. The molecule has 0 saturated carbocycles. The summed E-state index contributed by atoms with van der Waals surface area (Å²) in [6, 6.07) is 0. The molecule has 1 fully saturated rings. The summed E-state index contributed by atoms with van der Waals surface area (Å²) >= 11 is 0. The summed E-state index contributed by atoms with van der Waals surface area (Å²) in [6.45, 7) is 5.87.